The molecule has 28 heavy (non-hydrogen) atoms. The van der Waals surface area contributed by atoms with E-state index in [1.165, 1.54) is 16.7 Å². The summed E-state index contributed by atoms with van der Waals surface area (Å²) >= 11 is 5.92. The second-order valence-electron chi connectivity index (χ2n) is 6.22. The van der Waals surface area contributed by atoms with Gasteiger partial charge >= 0.3 is 0 Å². The summed E-state index contributed by atoms with van der Waals surface area (Å²) in [4.78, 5) is 26.1. The minimum absolute atomic E-state index is 0.0732. The van der Waals surface area contributed by atoms with Gasteiger partial charge in [0.05, 0.1) is 4.92 Å². The van der Waals surface area contributed by atoms with Crippen LogP contribution in [0.4, 0.5) is 5.69 Å². The van der Waals surface area contributed by atoms with Gasteiger partial charge in [0.15, 0.2) is 0 Å². The second kappa shape index (κ2) is 6.86. The molecule has 7 nitrogen and oxygen atoms in total. The molecule has 4 rings (SSSR count). The van der Waals surface area contributed by atoms with Gasteiger partial charge in [-0.05, 0) is 36.4 Å². The Bertz CT molecular complexity index is 1260. The van der Waals surface area contributed by atoms with Crippen molar-refractivity contribution in [2.45, 2.75) is 0 Å². The van der Waals surface area contributed by atoms with Crippen LogP contribution in [0.3, 0.4) is 0 Å². The van der Waals surface area contributed by atoms with Crippen LogP contribution in [-0.2, 0) is 7.05 Å². The molecular weight excluding hydrogens is 382 g/mol. The summed E-state index contributed by atoms with van der Waals surface area (Å²) in [6.07, 6.45) is 3.30. The summed E-state index contributed by atoms with van der Waals surface area (Å²) in [6.45, 7) is 0. The summed E-state index contributed by atoms with van der Waals surface area (Å²) in [5.74, 6) is 0.962. The van der Waals surface area contributed by atoms with Crippen LogP contribution in [-0.4, -0.2) is 14.5 Å². The van der Waals surface area contributed by atoms with E-state index in [0.717, 1.165) is 0 Å². The van der Waals surface area contributed by atoms with Crippen LogP contribution in [0.5, 0.6) is 11.5 Å². The van der Waals surface area contributed by atoms with Crippen molar-refractivity contribution in [3.63, 3.8) is 0 Å². The van der Waals surface area contributed by atoms with Crippen molar-refractivity contribution in [3.05, 3.63) is 86.4 Å². The first kappa shape index (κ1) is 17.8. The fourth-order valence-corrected chi connectivity index (χ4v) is 3.17. The number of rotatable bonds is 4. The van der Waals surface area contributed by atoms with Crippen LogP contribution >= 0.6 is 11.6 Å². The number of hydrogen-bond donors (Lipinski definition) is 1. The molecule has 0 bridgehead atoms. The molecule has 4 aromatic rings. The van der Waals surface area contributed by atoms with Gasteiger partial charge in [-0.2, -0.15) is 0 Å². The molecule has 2 aromatic carbocycles. The molecule has 0 radical (unpaired) electrons. The summed E-state index contributed by atoms with van der Waals surface area (Å²) in [5, 5.41) is 12.5. The maximum absolute atomic E-state index is 12.3. The Labute approximate surface area is 163 Å². The van der Waals surface area contributed by atoms with E-state index in [1.54, 1.807) is 55.8 Å². The van der Waals surface area contributed by atoms with E-state index in [0.29, 0.717) is 38.6 Å². The molecule has 2 heterocycles. The maximum Gasteiger partial charge on any atom is 0.274 e. The van der Waals surface area contributed by atoms with E-state index in [2.05, 4.69) is 4.98 Å². The highest BCUT2D eigenvalue weighted by molar-refractivity contribution is 6.30. The number of pyridine rings is 1. The third-order valence-electron chi connectivity index (χ3n) is 4.40. The van der Waals surface area contributed by atoms with Gasteiger partial charge in [-0.25, -0.2) is 0 Å². The summed E-state index contributed by atoms with van der Waals surface area (Å²) in [7, 11) is 1.63. The molecule has 2 aromatic heterocycles. The van der Waals surface area contributed by atoms with Crippen LogP contribution in [0.25, 0.3) is 22.0 Å². The van der Waals surface area contributed by atoms with Crippen molar-refractivity contribution >= 4 is 28.2 Å². The number of nitrogens with one attached hydrogen (secondary N) is 1. The van der Waals surface area contributed by atoms with E-state index in [9.17, 15) is 14.9 Å². The number of H-pyrrole nitrogens is 1. The lowest BCUT2D eigenvalue weighted by atomic mass is 10.0. The molecule has 0 saturated carbocycles. The molecule has 0 spiro atoms. The van der Waals surface area contributed by atoms with Gasteiger partial charge in [0.1, 0.15) is 17.0 Å². The zero-order chi connectivity index (χ0) is 19.8. The number of aryl methyl sites for hydroxylation is 1. The smallest absolute Gasteiger partial charge is 0.274 e. The van der Waals surface area contributed by atoms with E-state index in [4.69, 9.17) is 16.3 Å². The van der Waals surface area contributed by atoms with Crippen LogP contribution in [0.2, 0.25) is 5.02 Å². The SMILES string of the molecule is Cn1cc(-c2cc([N+](=O)[O-])ccc2Oc2ccc(Cl)cc2)c2cc[nH]c2c1=O. The Morgan fingerprint density at radius 1 is 1.11 bits per heavy atom. The Kier molecular flexibility index (Phi) is 4.37. The van der Waals surface area contributed by atoms with E-state index in [-0.39, 0.29) is 11.2 Å². The molecule has 0 atom stereocenters. The predicted octanol–water partition coefficient (Wildman–Crippen LogP) is 4.89. The quantitative estimate of drug-likeness (QED) is 0.393. The Morgan fingerprint density at radius 3 is 2.57 bits per heavy atom. The molecule has 0 aliphatic heterocycles. The maximum atomic E-state index is 12.3. The van der Waals surface area contributed by atoms with Gasteiger partial charge in [-0.15, -0.1) is 0 Å². The number of nitro benzene ring substituents is 1. The number of hydrogen-bond acceptors (Lipinski definition) is 4. The third kappa shape index (κ3) is 3.12. The number of benzene rings is 2. The number of nitrogens with zero attached hydrogens (tertiary/aromatic N) is 2. The van der Waals surface area contributed by atoms with E-state index >= 15 is 0 Å². The lowest BCUT2D eigenvalue weighted by Crippen LogP contribution is -2.16. The van der Waals surface area contributed by atoms with Crippen molar-refractivity contribution in [2.75, 3.05) is 0 Å². The fraction of sp³-hybridized carbons (Fsp3) is 0.0500. The van der Waals surface area contributed by atoms with Crippen molar-refractivity contribution in [3.8, 4) is 22.6 Å². The minimum atomic E-state index is -0.466. The van der Waals surface area contributed by atoms with Gasteiger partial charge in [-0.3, -0.25) is 14.9 Å². The zero-order valence-corrected chi connectivity index (χ0v) is 15.4. The van der Waals surface area contributed by atoms with Gasteiger partial charge in [0.25, 0.3) is 11.2 Å². The van der Waals surface area contributed by atoms with Crippen LogP contribution in [0.15, 0.2) is 65.7 Å². The monoisotopic (exact) mass is 395 g/mol. The second-order valence-corrected chi connectivity index (χ2v) is 6.66. The summed E-state index contributed by atoms with van der Waals surface area (Å²) < 4.78 is 7.40. The molecule has 0 aliphatic carbocycles. The molecular formula is C20H14ClN3O4. The van der Waals surface area contributed by atoms with Crippen molar-refractivity contribution in [2.24, 2.45) is 7.05 Å². The first-order valence-corrected chi connectivity index (χ1v) is 8.71. The van der Waals surface area contributed by atoms with Gasteiger partial charge in [0, 0.05) is 53.1 Å². The number of ether oxygens (including phenoxy) is 1. The lowest BCUT2D eigenvalue weighted by molar-refractivity contribution is -0.384. The Balaban J connectivity index is 1.94. The molecule has 0 amide bonds. The third-order valence-corrected chi connectivity index (χ3v) is 4.65. The number of fused-ring (bicyclic) bond motifs is 1. The lowest BCUT2D eigenvalue weighted by Gasteiger charge is -2.13. The first-order valence-electron chi connectivity index (χ1n) is 8.33. The minimum Gasteiger partial charge on any atom is -0.457 e. The van der Waals surface area contributed by atoms with Crippen molar-refractivity contribution in [1.82, 2.24) is 9.55 Å². The number of non-ortho nitro benzene ring substituents is 1. The standard InChI is InChI=1S/C20H14ClN3O4/c1-23-11-17(15-8-9-22-19(15)20(23)25)16-10-13(24(26)27)4-7-18(16)28-14-5-2-12(21)3-6-14/h2-11,22H,1H3. The van der Waals surface area contributed by atoms with E-state index in [1.807, 2.05) is 0 Å². The highest BCUT2D eigenvalue weighted by Crippen LogP contribution is 2.38. The van der Waals surface area contributed by atoms with Gasteiger partial charge in [-0.1, -0.05) is 11.6 Å². The normalized spacial score (nSPS) is 10.9. The molecule has 140 valence electrons. The number of nitro groups is 1. The Hall–Kier alpha value is -3.58. The van der Waals surface area contributed by atoms with Crippen LogP contribution in [0.1, 0.15) is 0 Å². The molecule has 0 saturated heterocycles. The van der Waals surface area contributed by atoms with Crippen LogP contribution < -0.4 is 10.3 Å². The predicted molar refractivity (Wildman–Crippen MR) is 107 cm³/mol. The zero-order valence-electron chi connectivity index (χ0n) is 14.7. The van der Waals surface area contributed by atoms with Gasteiger partial charge in [0.2, 0.25) is 0 Å². The van der Waals surface area contributed by atoms with E-state index < -0.39 is 4.92 Å². The van der Waals surface area contributed by atoms with Crippen LogP contribution in [0, 0.1) is 10.1 Å². The first-order chi connectivity index (χ1) is 13.4. The number of halogens is 1. The van der Waals surface area contributed by atoms with Crippen molar-refractivity contribution < 1.29 is 9.66 Å². The van der Waals surface area contributed by atoms with Crippen molar-refractivity contribution in [1.29, 1.82) is 0 Å². The summed E-state index contributed by atoms with van der Waals surface area (Å²) in [6, 6.07) is 12.9. The topological polar surface area (TPSA) is 90.2 Å². The highest BCUT2D eigenvalue weighted by Gasteiger charge is 2.18. The molecule has 0 aliphatic rings. The van der Waals surface area contributed by atoms with Gasteiger partial charge < -0.3 is 14.3 Å². The fourth-order valence-electron chi connectivity index (χ4n) is 3.04. The molecule has 8 heteroatoms. The molecule has 0 fully saturated rings. The molecule has 0 unspecified atom stereocenters. The largest absolute Gasteiger partial charge is 0.457 e. The highest BCUT2D eigenvalue weighted by atomic mass is 35.5. The summed E-state index contributed by atoms with van der Waals surface area (Å²) in [5.41, 5.74) is 1.31. The molecule has 1 N–H and O–H groups in total. The number of aromatic nitrogens is 2. The number of aromatic amines is 1. The average molecular weight is 396 g/mol. The Morgan fingerprint density at radius 2 is 1.86 bits per heavy atom. The average Bonchev–Trinajstić information content (AvgIpc) is 3.17.